The summed E-state index contributed by atoms with van der Waals surface area (Å²) in [7, 11) is 0. The van der Waals surface area contributed by atoms with E-state index in [-0.39, 0.29) is 0 Å². The third kappa shape index (κ3) is 3.14. The fraction of sp³-hybridized carbons (Fsp3) is 0. The van der Waals surface area contributed by atoms with E-state index in [0.717, 1.165) is 6.26 Å². The first-order valence-electron chi connectivity index (χ1n) is 1.03. The van der Waals surface area contributed by atoms with E-state index in [1.807, 2.05) is 0 Å². The molecule has 27 valence electrons. The maximum Gasteiger partial charge on any atom is 0.218 e. The molecule has 0 unspecified atom stereocenters. The Kier molecular flexibility index (Phi) is 2.60. The van der Waals surface area contributed by atoms with Gasteiger partial charge in [-0.3, -0.25) is 0 Å². The smallest absolute Gasteiger partial charge is 0.218 e. The molecule has 0 aliphatic rings. The zero-order valence-electron chi connectivity index (χ0n) is 2.59. The second kappa shape index (κ2) is 3.14. The Labute approximate surface area is 29.7 Å². The predicted octanol–water partition coefficient (Wildman–Crippen LogP) is 0.419. The Morgan fingerprint density at radius 2 is 2.60 bits per heavy atom. The molecule has 0 heterocycles. The van der Waals surface area contributed by atoms with Gasteiger partial charge in [-0.25, -0.2) is 0 Å². The molecule has 0 saturated heterocycles. The molecule has 3 heteroatoms. The van der Waals surface area contributed by atoms with Gasteiger partial charge >= 0.3 is 0 Å². The van der Waals surface area contributed by atoms with Crippen molar-refractivity contribution in [3.05, 3.63) is 18.4 Å². The minimum Gasteiger partial charge on any atom is -0.367 e. The summed E-state index contributed by atoms with van der Waals surface area (Å²) in [6, 6.07) is 0. The number of hydrogen-bond donors (Lipinski definition) is 0. The van der Waals surface area contributed by atoms with E-state index in [0.29, 0.717) is 0 Å². The summed E-state index contributed by atoms with van der Waals surface area (Å²) in [6.45, 7) is 3.07. The normalized spacial score (nSPS) is 5.60. The highest BCUT2D eigenvalue weighted by Gasteiger charge is 1.60. The van der Waals surface area contributed by atoms with Crippen LogP contribution in [0.3, 0.4) is 0 Å². The number of hydrogen-bond acceptors (Lipinski definition) is 2. The minimum absolute atomic E-state index is 1.01. The van der Waals surface area contributed by atoms with Gasteiger partial charge in [-0.15, -0.1) is 0 Å². The van der Waals surface area contributed by atoms with Crippen LogP contribution in [0.15, 0.2) is 12.8 Å². The molecule has 0 N–H and O–H groups in total. The minimum atomic E-state index is 1.01. The standard InChI is InChI=1S/C2H3N2O/c1-2-5-4-3/h2H,1H2. The lowest BCUT2D eigenvalue weighted by Crippen LogP contribution is -1.71. The first-order chi connectivity index (χ1) is 2.41. The van der Waals surface area contributed by atoms with Crippen molar-refractivity contribution in [3.8, 4) is 0 Å². The molecular weight excluding hydrogens is 68.0 g/mol. The molecule has 0 fully saturated rings. The molecule has 0 aromatic heterocycles. The van der Waals surface area contributed by atoms with Crippen LogP contribution in [0.5, 0.6) is 0 Å². The van der Waals surface area contributed by atoms with Crippen LogP contribution in [-0.2, 0) is 4.84 Å². The molecule has 0 spiro atoms. The van der Waals surface area contributed by atoms with E-state index in [4.69, 9.17) is 5.53 Å². The highest BCUT2D eigenvalue weighted by molar-refractivity contribution is 4.42. The molecule has 0 saturated carbocycles. The van der Waals surface area contributed by atoms with Gasteiger partial charge in [0.1, 0.15) is 0 Å². The van der Waals surface area contributed by atoms with Gasteiger partial charge in [0.05, 0.1) is 0 Å². The summed E-state index contributed by atoms with van der Waals surface area (Å²) in [5.74, 6) is 0. The third-order valence-electron chi connectivity index (χ3n) is 0.122. The second-order valence-corrected chi connectivity index (χ2v) is 0.354. The highest BCUT2D eigenvalue weighted by Crippen LogP contribution is 1.54. The van der Waals surface area contributed by atoms with Gasteiger partial charge in [0, 0.05) is 0 Å². The second-order valence-electron chi connectivity index (χ2n) is 0.354. The Bertz CT molecular complexity index is 36.9. The van der Waals surface area contributed by atoms with Crippen molar-refractivity contribution in [2.24, 2.45) is 0 Å². The summed E-state index contributed by atoms with van der Waals surface area (Å²) < 4.78 is 0. The van der Waals surface area contributed by atoms with Crippen LogP contribution in [0, 0.1) is 0 Å². The molecule has 0 atom stereocenters. The summed E-state index contributed by atoms with van der Waals surface area (Å²) in [5.41, 5.74) is 7.40. The molecule has 0 aromatic rings. The molecule has 0 aliphatic heterocycles. The van der Waals surface area contributed by atoms with Crippen LogP contribution in [0.2, 0.25) is 0 Å². The average molecular weight is 71.1 g/mol. The maximum absolute atomic E-state index is 7.40. The molecule has 0 rings (SSSR count). The van der Waals surface area contributed by atoms with Crippen molar-refractivity contribution >= 4 is 0 Å². The Morgan fingerprint density at radius 3 is 2.60 bits per heavy atom. The SMILES string of the molecule is C=CO[N+]=[N-]. The van der Waals surface area contributed by atoms with Crippen molar-refractivity contribution in [1.29, 1.82) is 0 Å². The molecule has 3 nitrogen and oxygen atoms in total. The lowest BCUT2D eigenvalue weighted by Gasteiger charge is -1.59. The van der Waals surface area contributed by atoms with Gasteiger partial charge < -0.3 is 5.53 Å². The van der Waals surface area contributed by atoms with Crippen LogP contribution in [0.1, 0.15) is 0 Å². The first kappa shape index (κ1) is 4.14. The van der Waals surface area contributed by atoms with Gasteiger partial charge in [-0.05, 0) is 0 Å². The molecule has 5 heavy (non-hydrogen) atoms. The lowest BCUT2D eigenvalue weighted by molar-refractivity contribution is 0.204. The zero-order chi connectivity index (χ0) is 4.12. The average Bonchev–Trinajstić information content (AvgIpc) is 1.41. The van der Waals surface area contributed by atoms with Gasteiger partial charge in [0.15, 0.2) is 6.26 Å². The fourth-order valence-electron chi connectivity index (χ4n) is 0.0333. The van der Waals surface area contributed by atoms with E-state index >= 15 is 0 Å². The maximum atomic E-state index is 7.40. The summed E-state index contributed by atoms with van der Waals surface area (Å²) in [5, 5.41) is 2.24. The van der Waals surface area contributed by atoms with Crippen LogP contribution in [-0.4, -0.2) is 0 Å². The predicted molar refractivity (Wildman–Crippen MR) is 16.8 cm³/mol. The lowest BCUT2D eigenvalue weighted by atomic mass is 11.2. The van der Waals surface area contributed by atoms with E-state index in [1.165, 1.54) is 0 Å². The van der Waals surface area contributed by atoms with Crippen molar-refractivity contribution in [1.82, 2.24) is 5.28 Å². The topological polar surface area (TPSA) is 45.6 Å². The molecule has 0 bridgehead atoms. The first-order valence-corrected chi connectivity index (χ1v) is 1.03. The molecule has 0 aromatic carbocycles. The van der Waals surface area contributed by atoms with Crippen molar-refractivity contribution in [3.63, 3.8) is 0 Å². The highest BCUT2D eigenvalue weighted by atomic mass is 16.6. The number of rotatable bonds is 2. The summed E-state index contributed by atoms with van der Waals surface area (Å²) >= 11 is 0. The van der Waals surface area contributed by atoms with Gasteiger partial charge in [0.25, 0.3) is 0 Å². The molecule has 0 aliphatic carbocycles. The van der Waals surface area contributed by atoms with Crippen LogP contribution < -0.4 is 5.28 Å². The van der Waals surface area contributed by atoms with Crippen molar-refractivity contribution in [2.45, 2.75) is 0 Å². The van der Waals surface area contributed by atoms with Gasteiger partial charge in [-0.2, -0.15) is 4.84 Å². The van der Waals surface area contributed by atoms with Crippen molar-refractivity contribution in [2.75, 3.05) is 0 Å². The van der Waals surface area contributed by atoms with Crippen LogP contribution in [0.4, 0.5) is 0 Å². The quantitative estimate of drug-likeness (QED) is 0.264. The van der Waals surface area contributed by atoms with Gasteiger partial charge in [0.2, 0.25) is 5.28 Å². The molecule has 0 amide bonds. The third-order valence-corrected chi connectivity index (χ3v) is 0.122. The fourth-order valence-corrected chi connectivity index (χ4v) is 0.0333. The molecule has 1 radical (unpaired) electrons. The van der Waals surface area contributed by atoms with E-state index in [2.05, 4.69) is 16.7 Å². The van der Waals surface area contributed by atoms with Crippen LogP contribution >= 0.6 is 0 Å². The van der Waals surface area contributed by atoms with E-state index in [9.17, 15) is 0 Å². The van der Waals surface area contributed by atoms with E-state index < -0.39 is 0 Å². The zero-order valence-corrected chi connectivity index (χ0v) is 2.59. The summed E-state index contributed by atoms with van der Waals surface area (Å²) in [6.07, 6.45) is 1.01. The Hall–Kier alpha value is -0.860. The van der Waals surface area contributed by atoms with E-state index in [1.54, 1.807) is 0 Å². The monoisotopic (exact) mass is 71.0 g/mol. The number of nitrogens with zero attached hydrogens (tertiary/aromatic N) is 2. The van der Waals surface area contributed by atoms with Gasteiger partial charge in [-0.1, -0.05) is 6.58 Å². The van der Waals surface area contributed by atoms with Crippen LogP contribution in [0.25, 0.3) is 5.53 Å². The Balaban J connectivity index is 2.65. The molecular formula is C2H3N2O. The summed E-state index contributed by atoms with van der Waals surface area (Å²) in [4.78, 5) is 3.78. The largest absolute Gasteiger partial charge is 0.367 e. The Morgan fingerprint density at radius 1 is 2.00 bits per heavy atom. The van der Waals surface area contributed by atoms with Crippen molar-refractivity contribution < 1.29 is 4.84 Å².